The second-order valence-corrected chi connectivity index (χ2v) is 9.22. The zero-order chi connectivity index (χ0) is 17.4. The highest BCUT2D eigenvalue weighted by Crippen LogP contribution is 2.30. The summed E-state index contributed by atoms with van der Waals surface area (Å²) in [5.74, 6) is 0.855. The van der Waals surface area contributed by atoms with E-state index in [4.69, 9.17) is 0 Å². The van der Waals surface area contributed by atoms with Gasteiger partial charge in [-0.25, -0.2) is 8.42 Å². The van der Waals surface area contributed by atoms with E-state index in [1.54, 1.807) is 22.6 Å². The van der Waals surface area contributed by atoms with Crippen LogP contribution in [0.2, 0.25) is 0 Å². The van der Waals surface area contributed by atoms with Crippen molar-refractivity contribution < 1.29 is 8.42 Å². The van der Waals surface area contributed by atoms with Gasteiger partial charge in [-0.2, -0.15) is 4.31 Å². The molecule has 0 bridgehead atoms. The summed E-state index contributed by atoms with van der Waals surface area (Å²) in [7, 11) is -3.48. The lowest BCUT2D eigenvalue weighted by Crippen LogP contribution is -2.45. The van der Waals surface area contributed by atoms with Gasteiger partial charge in [-0.05, 0) is 68.8 Å². The third kappa shape index (κ3) is 3.43. The molecule has 4 rings (SSSR count). The second kappa shape index (κ2) is 6.67. The SMILES string of the molecule is Cc1ccc(S(=O)(=O)N2CCC(NCC3CC3)CC2)c2cccnc12. The van der Waals surface area contributed by atoms with E-state index in [2.05, 4.69) is 10.3 Å². The van der Waals surface area contributed by atoms with Gasteiger partial charge in [-0.3, -0.25) is 4.98 Å². The van der Waals surface area contributed by atoms with Gasteiger partial charge in [0.15, 0.2) is 0 Å². The molecule has 2 fully saturated rings. The van der Waals surface area contributed by atoms with Crippen molar-refractivity contribution in [3.63, 3.8) is 0 Å². The highest BCUT2D eigenvalue weighted by Gasteiger charge is 2.31. The number of hydrogen-bond donors (Lipinski definition) is 1. The molecule has 25 heavy (non-hydrogen) atoms. The third-order valence-corrected chi connectivity index (χ3v) is 7.35. The number of sulfonamides is 1. The topological polar surface area (TPSA) is 62.3 Å². The summed E-state index contributed by atoms with van der Waals surface area (Å²) < 4.78 is 28.0. The summed E-state index contributed by atoms with van der Waals surface area (Å²) in [6, 6.07) is 7.68. The van der Waals surface area contributed by atoms with Crippen LogP contribution in [0.4, 0.5) is 0 Å². The van der Waals surface area contributed by atoms with Crippen molar-refractivity contribution in [2.45, 2.75) is 43.5 Å². The van der Waals surface area contributed by atoms with Gasteiger partial charge in [0.05, 0.1) is 10.4 Å². The molecule has 0 unspecified atom stereocenters. The number of rotatable bonds is 5. The number of aryl methyl sites for hydroxylation is 1. The molecule has 1 saturated carbocycles. The normalized spacial score (nSPS) is 20.2. The van der Waals surface area contributed by atoms with Gasteiger partial charge in [0.25, 0.3) is 0 Å². The minimum absolute atomic E-state index is 0.380. The Morgan fingerprint density at radius 2 is 1.92 bits per heavy atom. The number of pyridine rings is 1. The largest absolute Gasteiger partial charge is 0.314 e. The fourth-order valence-electron chi connectivity index (χ4n) is 3.61. The molecule has 5 nitrogen and oxygen atoms in total. The van der Waals surface area contributed by atoms with Gasteiger partial charge >= 0.3 is 0 Å². The Morgan fingerprint density at radius 3 is 2.64 bits per heavy atom. The van der Waals surface area contributed by atoms with E-state index in [1.165, 1.54) is 12.8 Å². The average molecular weight is 359 g/mol. The molecule has 1 aliphatic heterocycles. The van der Waals surface area contributed by atoms with Crippen LogP contribution in [0.15, 0.2) is 35.4 Å². The van der Waals surface area contributed by atoms with Crippen molar-refractivity contribution in [1.29, 1.82) is 0 Å². The van der Waals surface area contributed by atoms with Crippen LogP contribution in [0.5, 0.6) is 0 Å². The van der Waals surface area contributed by atoms with Gasteiger partial charge in [-0.1, -0.05) is 6.07 Å². The number of hydrogen-bond acceptors (Lipinski definition) is 4. The van der Waals surface area contributed by atoms with E-state index < -0.39 is 10.0 Å². The molecular formula is C19H25N3O2S. The van der Waals surface area contributed by atoms with Gasteiger partial charge < -0.3 is 5.32 Å². The molecule has 1 N–H and O–H groups in total. The summed E-state index contributed by atoms with van der Waals surface area (Å²) >= 11 is 0. The Kier molecular flexibility index (Phi) is 4.52. The van der Waals surface area contributed by atoms with E-state index in [9.17, 15) is 8.42 Å². The first-order chi connectivity index (χ1) is 12.1. The number of piperidine rings is 1. The van der Waals surface area contributed by atoms with Crippen molar-refractivity contribution in [3.8, 4) is 0 Å². The van der Waals surface area contributed by atoms with Gasteiger partial charge in [0.1, 0.15) is 0 Å². The Hall–Kier alpha value is -1.50. The molecule has 1 saturated heterocycles. The van der Waals surface area contributed by atoms with Gasteiger partial charge in [-0.15, -0.1) is 0 Å². The maximum atomic E-state index is 13.2. The molecule has 1 aromatic heterocycles. The van der Waals surface area contributed by atoms with Crippen LogP contribution >= 0.6 is 0 Å². The molecule has 0 amide bonds. The first-order valence-corrected chi connectivity index (χ1v) is 10.6. The van der Waals surface area contributed by atoms with E-state index in [0.717, 1.165) is 41.8 Å². The van der Waals surface area contributed by atoms with Crippen LogP contribution in [-0.4, -0.2) is 43.4 Å². The van der Waals surface area contributed by atoms with Crippen LogP contribution in [0.25, 0.3) is 10.9 Å². The van der Waals surface area contributed by atoms with Crippen molar-refractivity contribution >= 4 is 20.9 Å². The number of aromatic nitrogens is 1. The van der Waals surface area contributed by atoms with Crippen LogP contribution in [0.3, 0.4) is 0 Å². The molecule has 0 atom stereocenters. The van der Waals surface area contributed by atoms with Crippen LogP contribution in [0.1, 0.15) is 31.2 Å². The molecular weight excluding hydrogens is 334 g/mol. The molecule has 0 radical (unpaired) electrons. The average Bonchev–Trinajstić information content (AvgIpc) is 3.45. The summed E-state index contributed by atoms with van der Waals surface area (Å²) in [6.45, 7) is 4.22. The third-order valence-electron chi connectivity index (χ3n) is 5.40. The Bertz CT molecular complexity index is 869. The predicted octanol–water partition coefficient (Wildman–Crippen LogP) is 2.70. The molecule has 0 spiro atoms. The molecule has 6 heteroatoms. The monoisotopic (exact) mass is 359 g/mol. The summed E-state index contributed by atoms with van der Waals surface area (Å²) in [5, 5.41) is 4.32. The van der Waals surface area contributed by atoms with E-state index >= 15 is 0 Å². The van der Waals surface area contributed by atoms with Crippen molar-refractivity contribution in [2.75, 3.05) is 19.6 Å². The zero-order valence-corrected chi connectivity index (χ0v) is 15.4. The highest BCUT2D eigenvalue weighted by molar-refractivity contribution is 7.89. The predicted molar refractivity (Wildman–Crippen MR) is 99.0 cm³/mol. The van der Waals surface area contributed by atoms with E-state index in [1.807, 2.05) is 19.1 Å². The van der Waals surface area contributed by atoms with E-state index in [0.29, 0.717) is 24.0 Å². The minimum atomic E-state index is -3.48. The quantitative estimate of drug-likeness (QED) is 0.892. The lowest BCUT2D eigenvalue weighted by atomic mass is 10.1. The van der Waals surface area contributed by atoms with Crippen molar-refractivity contribution in [1.82, 2.24) is 14.6 Å². The lowest BCUT2D eigenvalue weighted by Gasteiger charge is -2.32. The zero-order valence-electron chi connectivity index (χ0n) is 14.6. The first-order valence-electron chi connectivity index (χ1n) is 9.13. The molecule has 134 valence electrons. The van der Waals surface area contributed by atoms with Gasteiger partial charge in [0, 0.05) is 30.7 Å². The smallest absolute Gasteiger partial charge is 0.243 e. The first kappa shape index (κ1) is 16.9. The second-order valence-electron chi connectivity index (χ2n) is 7.31. The van der Waals surface area contributed by atoms with Crippen LogP contribution in [-0.2, 0) is 10.0 Å². The van der Waals surface area contributed by atoms with Crippen molar-refractivity contribution in [2.24, 2.45) is 5.92 Å². The Labute approximate surface area is 149 Å². The number of benzene rings is 1. The number of nitrogens with zero attached hydrogens (tertiary/aromatic N) is 2. The summed E-state index contributed by atoms with van der Waals surface area (Å²) in [4.78, 5) is 4.75. The molecule has 2 heterocycles. The van der Waals surface area contributed by atoms with E-state index in [-0.39, 0.29) is 0 Å². The standard InChI is InChI=1S/C19H25N3O2S/c1-14-4-7-18(17-3-2-10-20-19(14)17)25(23,24)22-11-8-16(9-12-22)21-13-15-5-6-15/h2-4,7,10,15-16,21H,5-6,8-9,11-13H2,1H3. The minimum Gasteiger partial charge on any atom is -0.314 e. The molecule has 2 aliphatic rings. The van der Waals surface area contributed by atoms with Crippen LogP contribution in [0, 0.1) is 12.8 Å². The maximum absolute atomic E-state index is 13.2. The molecule has 1 aliphatic carbocycles. The Morgan fingerprint density at radius 1 is 1.16 bits per heavy atom. The maximum Gasteiger partial charge on any atom is 0.243 e. The molecule has 2 aromatic rings. The van der Waals surface area contributed by atoms with Crippen molar-refractivity contribution in [3.05, 3.63) is 36.0 Å². The fourth-order valence-corrected chi connectivity index (χ4v) is 5.26. The van der Waals surface area contributed by atoms with Gasteiger partial charge in [0.2, 0.25) is 10.0 Å². The number of nitrogens with one attached hydrogen (secondary N) is 1. The summed E-state index contributed by atoms with van der Waals surface area (Å²) in [6.07, 6.45) is 6.16. The molecule has 1 aromatic carbocycles. The van der Waals surface area contributed by atoms with Crippen LogP contribution < -0.4 is 5.32 Å². The lowest BCUT2D eigenvalue weighted by molar-refractivity contribution is 0.288. The fraction of sp³-hybridized carbons (Fsp3) is 0.526. The summed E-state index contributed by atoms with van der Waals surface area (Å²) in [5.41, 5.74) is 1.77. The number of fused-ring (bicyclic) bond motifs is 1. The Balaban J connectivity index is 1.53. The highest BCUT2D eigenvalue weighted by atomic mass is 32.2.